The molecule has 1 amide bonds. The summed E-state index contributed by atoms with van der Waals surface area (Å²) in [4.78, 5) is 17.4. The summed E-state index contributed by atoms with van der Waals surface area (Å²) in [5.41, 5.74) is 8.74. The first-order chi connectivity index (χ1) is 19.4. The van der Waals surface area contributed by atoms with Gasteiger partial charge in [-0.2, -0.15) is 5.10 Å². The van der Waals surface area contributed by atoms with Crippen molar-refractivity contribution in [1.82, 2.24) is 10.4 Å². The number of thiazole rings is 1. The zero-order valence-corrected chi connectivity index (χ0v) is 24.6. The van der Waals surface area contributed by atoms with Crippen LogP contribution >= 0.6 is 38.9 Å². The smallest absolute Gasteiger partial charge is 0.271 e. The summed E-state index contributed by atoms with van der Waals surface area (Å²) in [6, 6.07) is 28.5. The van der Waals surface area contributed by atoms with E-state index < -0.39 is 0 Å². The molecule has 0 aliphatic carbocycles. The number of aryl methyl sites for hydroxylation is 1. The van der Waals surface area contributed by atoms with Gasteiger partial charge < -0.3 is 10.1 Å². The van der Waals surface area contributed by atoms with E-state index in [1.165, 1.54) is 16.9 Å². The fourth-order valence-corrected chi connectivity index (χ4v) is 4.98. The number of benzene rings is 4. The molecule has 6 nitrogen and oxygen atoms in total. The first-order valence-electron chi connectivity index (χ1n) is 12.3. The molecular weight excluding hydrogens is 608 g/mol. The minimum Gasteiger partial charge on any atom is -0.488 e. The van der Waals surface area contributed by atoms with E-state index in [9.17, 15) is 4.79 Å². The van der Waals surface area contributed by atoms with Gasteiger partial charge in [-0.1, -0.05) is 69.5 Å². The second-order valence-corrected chi connectivity index (χ2v) is 11.1. The molecule has 0 spiro atoms. The molecule has 4 aromatic carbocycles. The first kappa shape index (κ1) is 27.6. The number of carbonyl (C=O) groups excluding carboxylic acids is 1. The van der Waals surface area contributed by atoms with E-state index in [0.717, 1.165) is 37.7 Å². The van der Waals surface area contributed by atoms with E-state index in [1.807, 2.05) is 72.1 Å². The molecule has 0 aliphatic rings. The highest BCUT2D eigenvalue weighted by Gasteiger charge is 2.09. The number of nitrogens with one attached hydrogen (secondary N) is 2. The maximum Gasteiger partial charge on any atom is 0.271 e. The minimum atomic E-state index is -0.318. The van der Waals surface area contributed by atoms with Crippen molar-refractivity contribution in [3.8, 4) is 17.0 Å². The van der Waals surface area contributed by atoms with E-state index >= 15 is 0 Å². The Bertz CT molecular complexity index is 1640. The van der Waals surface area contributed by atoms with Crippen LogP contribution in [0.2, 0.25) is 5.02 Å². The number of amides is 1. The normalized spacial score (nSPS) is 11.0. The average Bonchev–Trinajstić information content (AvgIpc) is 3.43. The van der Waals surface area contributed by atoms with Crippen LogP contribution in [0.15, 0.2) is 106 Å². The second-order valence-electron chi connectivity index (χ2n) is 8.90. The largest absolute Gasteiger partial charge is 0.488 e. The zero-order valence-electron chi connectivity index (χ0n) is 21.4. The number of carbonyl (C=O) groups is 1. The Morgan fingerprint density at radius 1 is 1.02 bits per heavy atom. The number of aromatic nitrogens is 1. The number of ether oxygens (including phenoxy) is 1. The molecule has 9 heteroatoms. The summed E-state index contributed by atoms with van der Waals surface area (Å²) in [5, 5.41) is 10.9. The van der Waals surface area contributed by atoms with Gasteiger partial charge in [0.05, 0.1) is 11.9 Å². The van der Waals surface area contributed by atoms with Gasteiger partial charge in [-0.15, -0.1) is 11.3 Å². The summed E-state index contributed by atoms with van der Waals surface area (Å²) < 4.78 is 6.85. The molecule has 0 atom stereocenters. The van der Waals surface area contributed by atoms with Crippen molar-refractivity contribution < 1.29 is 9.53 Å². The summed E-state index contributed by atoms with van der Waals surface area (Å²) in [7, 11) is 0. The highest BCUT2D eigenvalue weighted by molar-refractivity contribution is 9.10. The lowest BCUT2D eigenvalue weighted by Gasteiger charge is -2.10. The van der Waals surface area contributed by atoms with Crippen LogP contribution in [0.5, 0.6) is 5.75 Å². The molecule has 5 aromatic rings. The lowest BCUT2D eigenvalue weighted by molar-refractivity contribution is 0.0955. The number of hydrazone groups is 1. The third-order valence-electron chi connectivity index (χ3n) is 5.90. The van der Waals surface area contributed by atoms with E-state index in [4.69, 9.17) is 16.3 Å². The van der Waals surface area contributed by atoms with Crippen molar-refractivity contribution in [2.24, 2.45) is 5.10 Å². The monoisotopic (exact) mass is 630 g/mol. The Balaban J connectivity index is 1.19. The molecule has 2 N–H and O–H groups in total. The molecule has 1 heterocycles. The molecule has 200 valence electrons. The van der Waals surface area contributed by atoms with Gasteiger partial charge in [0, 0.05) is 37.3 Å². The van der Waals surface area contributed by atoms with E-state index in [2.05, 4.69) is 55.8 Å². The highest BCUT2D eigenvalue weighted by atomic mass is 79.9. The molecular formula is C31H24BrClN4O2S. The van der Waals surface area contributed by atoms with Gasteiger partial charge in [-0.25, -0.2) is 10.4 Å². The zero-order chi connectivity index (χ0) is 27.9. The van der Waals surface area contributed by atoms with Crippen LogP contribution in [-0.4, -0.2) is 17.1 Å². The standard InChI is InChI=1S/C31H24BrClN4O2S/c1-20-2-13-27(14-3-20)35-31-36-28(19-40-31)22-6-8-23(9-7-22)30(38)37-34-17-24-16-25(32)10-15-29(24)39-18-21-4-11-26(33)12-5-21/h2-17,19H,18H2,1H3,(H,35,36)(H,37,38)/b34-17-. The number of anilines is 2. The van der Waals surface area contributed by atoms with Gasteiger partial charge in [0.25, 0.3) is 5.91 Å². The van der Waals surface area contributed by atoms with Crippen LogP contribution in [0.25, 0.3) is 11.3 Å². The van der Waals surface area contributed by atoms with Gasteiger partial charge in [0.15, 0.2) is 5.13 Å². The summed E-state index contributed by atoms with van der Waals surface area (Å²) >= 11 is 11.0. The lowest BCUT2D eigenvalue weighted by Crippen LogP contribution is -2.17. The maximum atomic E-state index is 12.7. The Kier molecular flexibility index (Phi) is 8.91. The molecule has 40 heavy (non-hydrogen) atoms. The summed E-state index contributed by atoms with van der Waals surface area (Å²) in [6.07, 6.45) is 1.56. The van der Waals surface area contributed by atoms with Gasteiger partial charge in [0.2, 0.25) is 0 Å². The average molecular weight is 632 g/mol. The molecule has 0 aliphatic heterocycles. The Morgan fingerprint density at radius 2 is 1.77 bits per heavy atom. The van der Waals surface area contributed by atoms with Gasteiger partial charge >= 0.3 is 0 Å². The SMILES string of the molecule is Cc1ccc(Nc2nc(-c3ccc(C(=O)N/N=C\c4cc(Br)ccc4OCc4ccc(Cl)cc4)cc3)cs2)cc1. The van der Waals surface area contributed by atoms with Crippen LogP contribution < -0.4 is 15.5 Å². The number of halogens is 2. The second kappa shape index (κ2) is 12.9. The number of nitrogens with zero attached hydrogens (tertiary/aromatic N) is 2. The first-order valence-corrected chi connectivity index (χ1v) is 14.4. The number of hydrogen-bond acceptors (Lipinski definition) is 6. The third kappa shape index (κ3) is 7.35. The van der Waals surface area contributed by atoms with Crippen LogP contribution in [0, 0.1) is 6.92 Å². The Morgan fingerprint density at radius 3 is 2.52 bits per heavy atom. The van der Waals surface area contributed by atoms with Crippen molar-refractivity contribution in [2.75, 3.05) is 5.32 Å². The van der Waals surface area contributed by atoms with E-state index in [1.54, 1.807) is 18.3 Å². The van der Waals surface area contributed by atoms with Crippen LogP contribution in [0.4, 0.5) is 10.8 Å². The van der Waals surface area contributed by atoms with Crippen LogP contribution in [0.3, 0.4) is 0 Å². The van der Waals surface area contributed by atoms with Gasteiger partial charge in [-0.05, 0) is 67.1 Å². The van der Waals surface area contributed by atoms with E-state index in [-0.39, 0.29) is 5.91 Å². The van der Waals surface area contributed by atoms with Crippen molar-refractivity contribution in [1.29, 1.82) is 0 Å². The quantitative estimate of drug-likeness (QED) is 0.126. The van der Waals surface area contributed by atoms with Gasteiger partial charge in [-0.3, -0.25) is 4.79 Å². The Hall–Kier alpha value is -3.98. The van der Waals surface area contributed by atoms with Gasteiger partial charge in [0.1, 0.15) is 12.4 Å². The predicted molar refractivity (Wildman–Crippen MR) is 167 cm³/mol. The summed E-state index contributed by atoms with van der Waals surface area (Å²) in [6.45, 7) is 2.43. The van der Waals surface area contributed by atoms with Crippen LogP contribution in [0.1, 0.15) is 27.0 Å². The number of rotatable bonds is 9. The highest BCUT2D eigenvalue weighted by Crippen LogP contribution is 2.28. The lowest BCUT2D eigenvalue weighted by atomic mass is 10.1. The van der Waals surface area contributed by atoms with Crippen molar-refractivity contribution in [3.63, 3.8) is 0 Å². The molecule has 0 saturated heterocycles. The molecule has 1 aromatic heterocycles. The minimum absolute atomic E-state index is 0.318. The number of hydrogen-bond donors (Lipinski definition) is 2. The fourth-order valence-electron chi connectivity index (χ4n) is 3.73. The third-order valence-corrected chi connectivity index (χ3v) is 7.40. The molecule has 0 bridgehead atoms. The van der Waals surface area contributed by atoms with Crippen molar-refractivity contribution in [3.05, 3.63) is 128 Å². The summed E-state index contributed by atoms with van der Waals surface area (Å²) in [5.74, 6) is 0.321. The molecule has 0 radical (unpaired) electrons. The van der Waals surface area contributed by atoms with Crippen molar-refractivity contribution in [2.45, 2.75) is 13.5 Å². The molecule has 0 unspecified atom stereocenters. The predicted octanol–water partition coefficient (Wildman–Crippen LogP) is 8.62. The topological polar surface area (TPSA) is 75.6 Å². The molecule has 0 saturated carbocycles. The maximum absolute atomic E-state index is 12.7. The molecule has 0 fully saturated rings. The van der Waals surface area contributed by atoms with Crippen molar-refractivity contribution >= 4 is 61.8 Å². The van der Waals surface area contributed by atoms with E-state index in [0.29, 0.717) is 22.9 Å². The Labute approximate surface area is 249 Å². The molecule has 5 rings (SSSR count). The fraction of sp³-hybridized carbons (Fsp3) is 0.0645. The van der Waals surface area contributed by atoms with Crippen LogP contribution in [-0.2, 0) is 6.61 Å².